The first-order valence-corrected chi connectivity index (χ1v) is 19.8. The fourth-order valence-electron chi connectivity index (χ4n) is 7.02. The Balaban J connectivity index is 1.33. The molecule has 3 saturated heterocycles. The highest BCUT2D eigenvalue weighted by Gasteiger charge is 2.54. The van der Waals surface area contributed by atoms with Crippen molar-refractivity contribution in [3.8, 4) is 11.5 Å². The van der Waals surface area contributed by atoms with Gasteiger partial charge in [0.05, 0.1) is 46.2 Å². The number of hydrogen-bond donors (Lipinski definition) is 0. The van der Waals surface area contributed by atoms with Crippen molar-refractivity contribution in [2.75, 3.05) is 20.8 Å². The number of hydrogen-bond acceptors (Lipinski definition) is 9. The van der Waals surface area contributed by atoms with Gasteiger partial charge in [-0.05, 0) is 88.8 Å². The summed E-state index contributed by atoms with van der Waals surface area (Å²) in [6.45, 7) is 12.6. The monoisotopic (exact) mass is 770 g/mol. The molecule has 9 nitrogen and oxygen atoms in total. The van der Waals surface area contributed by atoms with Crippen LogP contribution in [0.3, 0.4) is 0 Å². The lowest BCUT2D eigenvalue weighted by molar-refractivity contribution is -0.258. The molecule has 0 bridgehead atoms. The normalized spacial score (nSPS) is 27.7. The molecule has 56 heavy (non-hydrogen) atoms. The second-order valence-electron chi connectivity index (χ2n) is 15.1. The first-order valence-electron chi connectivity index (χ1n) is 19.8. The zero-order valence-electron chi connectivity index (χ0n) is 34.0. The van der Waals surface area contributed by atoms with Crippen LogP contribution >= 0.6 is 0 Å². The van der Waals surface area contributed by atoms with E-state index in [1.165, 1.54) is 0 Å². The van der Waals surface area contributed by atoms with Crippen molar-refractivity contribution in [2.45, 2.75) is 127 Å². The summed E-state index contributed by atoms with van der Waals surface area (Å²) in [5, 5.41) is 0. The van der Waals surface area contributed by atoms with Crippen LogP contribution in [0, 0.1) is 0 Å². The predicted molar refractivity (Wildman–Crippen MR) is 220 cm³/mol. The first-order chi connectivity index (χ1) is 27.1. The minimum Gasteiger partial charge on any atom is -0.497 e. The van der Waals surface area contributed by atoms with Crippen molar-refractivity contribution < 1.29 is 42.6 Å². The maximum absolute atomic E-state index is 7.03. The van der Waals surface area contributed by atoms with E-state index in [9.17, 15) is 0 Å². The molecule has 0 aliphatic carbocycles. The molecule has 0 saturated carbocycles. The lowest BCUT2D eigenvalue weighted by Crippen LogP contribution is -2.59. The molecule has 0 N–H and O–H groups in total. The van der Waals surface area contributed by atoms with E-state index < -0.39 is 29.9 Å². The molecule has 304 valence electrons. The molecule has 5 rings (SSSR count). The van der Waals surface area contributed by atoms with Gasteiger partial charge in [0.2, 0.25) is 0 Å². The van der Waals surface area contributed by atoms with Crippen LogP contribution < -0.4 is 9.47 Å². The minimum absolute atomic E-state index is 0.290. The molecule has 2 aromatic carbocycles. The van der Waals surface area contributed by atoms with E-state index in [-0.39, 0.29) is 24.4 Å². The summed E-state index contributed by atoms with van der Waals surface area (Å²) in [6, 6.07) is 15.8. The molecule has 0 radical (unpaired) electrons. The lowest BCUT2D eigenvalue weighted by atomic mass is 9.90. The molecule has 9 heteroatoms. The first kappa shape index (κ1) is 43.3. The second kappa shape index (κ2) is 21.6. The lowest BCUT2D eigenvalue weighted by Gasteiger charge is -2.45. The summed E-state index contributed by atoms with van der Waals surface area (Å²) in [5.74, 6) is 0.0242. The summed E-state index contributed by atoms with van der Waals surface area (Å²) >= 11 is 0. The van der Waals surface area contributed by atoms with Crippen molar-refractivity contribution in [3.05, 3.63) is 133 Å². The van der Waals surface area contributed by atoms with Gasteiger partial charge in [-0.3, -0.25) is 0 Å². The number of benzene rings is 2. The highest BCUT2D eigenvalue weighted by Crippen LogP contribution is 2.40. The van der Waals surface area contributed by atoms with Crippen molar-refractivity contribution >= 4 is 0 Å². The standard InChI is InChI=1S/C47H62O9/c1-8-9-10-11-12-13-14-15-16-17-18-19-20-21-22-39-44(56-47(4,5)54-39)45-43(51-33-36-25-29-38(49-7)30-26-36)41(50-32-35-23-27-37(48-6)28-24-35)31-40(53-45)42-34-52-46(2,3)55-42/h8-10,13-18,21-30,39-45H,1,11-12,19-20,31-34H2,2-7H3/b10-9+,14-13+,16-15+,18-17+,22-21+/t39-,40-,41-,42-,43-,44+,45-/m1/s1. The van der Waals surface area contributed by atoms with Crippen molar-refractivity contribution in [1.82, 2.24) is 0 Å². The highest BCUT2D eigenvalue weighted by atomic mass is 16.8. The smallest absolute Gasteiger partial charge is 0.164 e. The molecule has 7 atom stereocenters. The average molecular weight is 771 g/mol. The molecule has 3 aliphatic rings. The summed E-state index contributed by atoms with van der Waals surface area (Å²) < 4.78 is 57.0. The number of methoxy groups -OCH3 is 2. The average Bonchev–Trinajstić information content (AvgIpc) is 3.73. The van der Waals surface area contributed by atoms with Crippen LogP contribution in [-0.4, -0.2) is 75.1 Å². The van der Waals surface area contributed by atoms with Crippen molar-refractivity contribution in [1.29, 1.82) is 0 Å². The molecular weight excluding hydrogens is 709 g/mol. The fraction of sp³-hybridized carbons (Fsp3) is 0.489. The third-order valence-electron chi connectivity index (χ3n) is 9.85. The largest absolute Gasteiger partial charge is 0.497 e. The Morgan fingerprint density at radius 3 is 1.77 bits per heavy atom. The third kappa shape index (κ3) is 13.4. The summed E-state index contributed by atoms with van der Waals surface area (Å²) in [4.78, 5) is 0. The van der Waals surface area contributed by atoms with Crippen LogP contribution in [0.1, 0.15) is 70.9 Å². The van der Waals surface area contributed by atoms with E-state index in [0.29, 0.717) is 26.2 Å². The molecule has 3 aliphatic heterocycles. The zero-order chi connectivity index (χ0) is 39.8. The van der Waals surface area contributed by atoms with E-state index in [4.69, 9.17) is 42.6 Å². The van der Waals surface area contributed by atoms with Crippen LogP contribution in [0.5, 0.6) is 11.5 Å². The zero-order valence-corrected chi connectivity index (χ0v) is 34.0. The predicted octanol–water partition coefficient (Wildman–Crippen LogP) is 9.53. The van der Waals surface area contributed by atoms with Gasteiger partial charge < -0.3 is 42.6 Å². The van der Waals surface area contributed by atoms with Crippen LogP contribution in [-0.2, 0) is 46.4 Å². The van der Waals surface area contributed by atoms with Crippen molar-refractivity contribution in [2.24, 2.45) is 0 Å². The number of unbranched alkanes of at least 4 members (excludes halogenated alkanes) is 2. The molecule has 0 aromatic heterocycles. The van der Waals surface area contributed by atoms with E-state index in [0.717, 1.165) is 48.3 Å². The van der Waals surface area contributed by atoms with E-state index in [1.807, 2.05) is 82.3 Å². The molecule has 0 unspecified atom stereocenters. The maximum Gasteiger partial charge on any atom is 0.164 e. The van der Waals surface area contributed by atoms with Gasteiger partial charge in [-0.2, -0.15) is 0 Å². The van der Waals surface area contributed by atoms with E-state index in [2.05, 4.69) is 61.3 Å². The molecule has 2 aromatic rings. The number of rotatable bonds is 20. The van der Waals surface area contributed by atoms with Crippen LogP contribution in [0.15, 0.2) is 122 Å². The quantitative estimate of drug-likeness (QED) is 0.0743. The second-order valence-corrected chi connectivity index (χ2v) is 15.1. The summed E-state index contributed by atoms with van der Waals surface area (Å²) in [7, 11) is 3.32. The molecular formula is C47H62O9. The molecule has 0 spiro atoms. The van der Waals surface area contributed by atoms with Crippen LogP contribution in [0.4, 0.5) is 0 Å². The van der Waals surface area contributed by atoms with Gasteiger partial charge in [0.1, 0.15) is 42.0 Å². The van der Waals surface area contributed by atoms with Gasteiger partial charge in [0, 0.05) is 6.42 Å². The Bertz CT molecular complexity index is 1620. The van der Waals surface area contributed by atoms with Gasteiger partial charge in [-0.15, -0.1) is 0 Å². The number of allylic oxidation sites excluding steroid dienone is 10. The topological polar surface area (TPSA) is 83.1 Å². The van der Waals surface area contributed by atoms with Gasteiger partial charge in [-0.25, -0.2) is 0 Å². The van der Waals surface area contributed by atoms with Gasteiger partial charge in [0.25, 0.3) is 0 Å². The van der Waals surface area contributed by atoms with Gasteiger partial charge in [-0.1, -0.05) is 97.7 Å². The Labute approximate surface area is 334 Å². The van der Waals surface area contributed by atoms with E-state index in [1.54, 1.807) is 20.3 Å². The third-order valence-corrected chi connectivity index (χ3v) is 9.85. The Morgan fingerprint density at radius 1 is 0.643 bits per heavy atom. The molecule has 0 amide bonds. The summed E-state index contributed by atoms with van der Waals surface area (Å²) in [6.07, 6.45) is 24.2. The van der Waals surface area contributed by atoms with Gasteiger partial charge in [0.15, 0.2) is 11.6 Å². The number of ether oxygens (including phenoxy) is 9. The maximum atomic E-state index is 7.03. The molecule has 3 heterocycles. The highest BCUT2D eigenvalue weighted by molar-refractivity contribution is 5.27. The minimum atomic E-state index is -0.842. The summed E-state index contributed by atoms with van der Waals surface area (Å²) in [5.41, 5.74) is 2.03. The molecule has 3 fully saturated rings. The van der Waals surface area contributed by atoms with E-state index >= 15 is 0 Å². The Hall–Kier alpha value is -3.80. The SMILES string of the molecule is C=C/C=C/CC/C=C/C=C/C=C/CC/C=C/[C@H]1OC(C)(C)O[C@@H]1[C@@H]1O[C@@H]([C@H]2COC(C)(C)O2)C[C@@H](OCc2ccc(OC)cc2)[C@H]1OCc1ccc(OC)cc1. The van der Waals surface area contributed by atoms with Crippen LogP contribution in [0.25, 0.3) is 0 Å². The van der Waals surface area contributed by atoms with Crippen LogP contribution in [0.2, 0.25) is 0 Å². The van der Waals surface area contributed by atoms with Crippen molar-refractivity contribution in [3.63, 3.8) is 0 Å². The Kier molecular flexibility index (Phi) is 16.7. The Morgan fingerprint density at radius 2 is 1.21 bits per heavy atom. The van der Waals surface area contributed by atoms with Gasteiger partial charge >= 0.3 is 0 Å². The fourth-order valence-corrected chi connectivity index (χ4v) is 7.02.